The third-order valence-corrected chi connectivity index (χ3v) is 5.11. The van der Waals surface area contributed by atoms with Crippen LogP contribution < -0.4 is 0 Å². The van der Waals surface area contributed by atoms with E-state index in [1.165, 1.54) is 0 Å². The molecule has 132 valence electrons. The zero-order chi connectivity index (χ0) is 18.0. The van der Waals surface area contributed by atoms with Gasteiger partial charge in [0.1, 0.15) is 6.61 Å². The van der Waals surface area contributed by atoms with E-state index in [2.05, 4.69) is 13.8 Å². The molecule has 2 rings (SSSR count). The highest BCUT2D eigenvalue weighted by Gasteiger charge is 2.56. The zero-order valence-corrected chi connectivity index (χ0v) is 15.7. The fraction of sp³-hybridized carbons (Fsp3) is 0.632. The van der Waals surface area contributed by atoms with Crippen LogP contribution in [0.4, 0.5) is 0 Å². The van der Waals surface area contributed by atoms with Crippen LogP contribution in [0.1, 0.15) is 59.9 Å². The summed E-state index contributed by atoms with van der Waals surface area (Å²) >= 11 is 0. The van der Waals surface area contributed by atoms with Crippen LogP contribution in [0.25, 0.3) is 0 Å². The Morgan fingerprint density at radius 1 is 1.08 bits per heavy atom. The number of ether oxygens (including phenoxy) is 1. The van der Waals surface area contributed by atoms with Crippen molar-refractivity contribution in [3.8, 4) is 0 Å². The van der Waals surface area contributed by atoms with E-state index >= 15 is 0 Å². The maximum atomic E-state index is 12.0. The molecule has 1 heterocycles. The second-order valence-electron chi connectivity index (χ2n) is 8.22. The lowest BCUT2D eigenvalue weighted by atomic mass is 9.57. The van der Waals surface area contributed by atoms with Crippen LogP contribution in [0.3, 0.4) is 0 Å². The Morgan fingerprint density at radius 2 is 1.62 bits per heavy atom. The summed E-state index contributed by atoms with van der Waals surface area (Å²) in [5, 5.41) is -0.267. The van der Waals surface area contributed by atoms with E-state index < -0.39 is 0 Å². The molecule has 0 aromatic heterocycles. The molecule has 0 atom stereocenters. The molecule has 1 fully saturated rings. The Morgan fingerprint density at radius 3 is 2.17 bits per heavy atom. The van der Waals surface area contributed by atoms with Crippen molar-refractivity contribution < 1.29 is 18.8 Å². The van der Waals surface area contributed by atoms with Crippen molar-refractivity contribution in [2.75, 3.05) is 0 Å². The summed E-state index contributed by atoms with van der Waals surface area (Å²) in [6, 6.07) is 9.71. The fourth-order valence-corrected chi connectivity index (χ4v) is 2.51. The predicted octanol–water partition coefficient (Wildman–Crippen LogP) is 4.38. The van der Waals surface area contributed by atoms with E-state index in [-0.39, 0.29) is 29.6 Å². The zero-order valence-electron chi connectivity index (χ0n) is 15.7. The lowest BCUT2D eigenvalue weighted by Gasteiger charge is -2.32. The largest absolute Gasteiger partial charge is 0.463 e. The summed E-state index contributed by atoms with van der Waals surface area (Å²) < 4.78 is 17.6. The predicted molar refractivity (Wildman–Crippen MR) is 95.6 cm³/mol. The topological polar surface area (TPSA) is 44.8 Å². The average Bonchev–Trinajstić information content (AvgIpc) is 2.73. The van der Waals surface area contributed by atoms with Gasteiger partial charge in [0, 0.05) is 11.7 Å². The summed E-state index contributed by atoms with van der Waals surface area (Å²) in [5.74, 6) is -0.191. The van der Waals surface area contributed by atoms with Gasteiger partial charge >= 0.3 is 13.1 Å². The van der Waals surface area contributed by atoms with Gasteiger partial charge in [0.25, 0.3) is 0 Å². The number of benzene rings is 1. The first-order chi connectivity index (χ1) is 11.0. The third-order valence-electron chi connectivity index (χ3n) is 5.11. The minimum atomic E-state index is -0.358. The molecule has 4 nitrogen and oxygen atoms in total. The number of carbonyl (C=O) groups excluding carboxylic acids is 1. The van der Waals surface area contributed by atoms with Crippen molar-refractivity contribution in [3.05, 3.63) is 35.9 Å². The second-order valence-corrected chi connectivity index (χ2v) is 8.22. The minimum absolute atomic E-state index is 0.191. The van der Waals surface area contributed by atoms with Gasteiger partial charge in [-0.2, -0.15) is 0 Å². The van der Waals surface area contributed by atoms with Crippen LogP contribution in [-0.2, 0) is 25.4 Å². The standard InChI is InChI=1S/C19H29BO4/c1-17(2,20-23-18(3,4)19(5,6)24-20)13-12-16(21)22-14-15-10-8-7-9-11-15/h7-11H,12-14H2,1-6H3. The molecule has 1 aliphatic heterocycles. The molecule has 24 heavy (non-hydrogen) atoms. The van der Waals surface area contributed by atoms with Crippen molar-refractivity contribution in [3.63, 3.8) is 0 Å². The molecule has 1 aliphatic rings. The molecule has 0 amide bonds. The molecule has 0 radical (unpaired) electrons. The van der Waals surface area contributed by atoms with E-state index in [0.717, 1.165) is 5.56 Å². The van der Waals surface area contributed by atoms with Crippen molar-refractivity contribution in [1.82, 2.24) is 0 Å². The lowest BCUT2D eigenvalue weighted by molar-refractivity contribution is -0.145. The minimum Gasteiger partial charge on any atom is -0.461 e. The van der Waals surface area contributed by atoms with E-state index in [9.17, 15) is 4.79 Å². The molecule has 0 bridgehead atoms. The van der Waals surface area contributed by atoms with Gasteiger partial charge in [-0.1, -0.05) is 44.2 Å². The van der Waals surface area contributed by atoms with Gasteiger partial charge in [0.2, 0.25) is 0 Å². The van der Waals surface area contributed by atoms with Crippen LogP contribution in [0.5, 0.6) is 0 Å². The lowest BCUT2D eigenvalue weighted by Crippen LogP contribution is -2.41. The van der Waals surface area contributed by atoms with E-state index in [4.69, 9.17) is 14.0 Å². The summed E-state index contributed by atoms with van der Waals surface area (Å²) in [6.45, 7) is 12.6. The first kappa shape index (κ1) is 19.0. The number of rotatable bonds is 6. The average molecular weight is 332 g/mol. The number of carbonyl (C=O) groups is 1. The first-order valence-electron chi connectivity index (χ1n) is 8.59. The second kappa shape index (κ2) is 6.89. The van der Waals surface area contributed by atoms with Crippen LogP contribution in [0.15, 0.2) is 30.3 Å². The molecule has 0 spiro atoms. The molecule has 0 aliphatic carbocycles. The SMILES string of the molecule is CC(C)(CCC(=O)OCc1ccccc1)B1OC(C)(C)C(C)(C)O1. The van der Waals surface area contributed by atoms with Gasteiger partial charge in [-0.3, -0.25) is 4.79 Å². The number of hydrogen-bond donors (Lipinski definition) is 0. The summed E-state index contributed by atoms with van der Waals surface area (Å²) in [5.41, 5.74) is 0.280. The summed E-state index contributed by atoms with van der Waals surface area (Å²) in [6.07, 6.45) is 1.00. The summed E-state index contributed by atoms with van der Waals surface area (Å²) in [7, 11) is -0.329. The highest BCUT2D eigenvalue weighted by atomic mass is 16.7. The molecule has 1 aromatic rings. The maximum Gasteiger partial charge on any atom is 0.463 e. The third kappa shape index (κ3) is 4.39. The van der Waals surface area contributed by atoms with Crippen molar-refractivity contribution >= 4 is 13.1 Å². The molecule has 5 heteroatoms. The number of esters is 1. The normalized spacial score (nSPS) is 19.3. The maximum absolute atomic E-state index is 12.0. The van der Waals surface area contributed by atoms with Crippen molar-refractivity contribution in [2.45, 2.75) is 77.5 Å². The van der Waals surface area contributed by atoms with Gasteiger partial charge in [-0.25, -0.2) is 0 Å². The van der Waals surface area contributed by atoms with Gasteiger partial charge < -0.3 is 14.0 Å². The Bertz CT molecular complexity index is 550. The van der Waals surface area contributed by atoms with Gasteiger partial charge in [0.15, 0.2) is 0 Å². The Hall–Kier alpha value is -1.33. The van der Waals surface area contributed by atoms with E-state index in [1.807, 2.05) is 58.0 Å². The van der Waals surface area contributed by atoms with Gasteiger partial charge in [-0.05, 0) is 39.7 Å². The van der Waals surface area contributed by atoms with Crippen molar-refractivity contribution in [2.24, 2.45) is 0 Å². The molecule has 1 saturated heterocycles. The van der Waals surface area contributed by atoms with Crippen LogP contribution in [0, 0.1) is 0 Å². The molecular formula is C19H29BO4. The van der Waals surface area contributed by atoms with Crippen molar-refractivity contribution in [1.29, 1.82) is 0 Å². The molecule has 0 saturated carbocycles. The summed E-state index contributed by atoms with van der Waals surface area (Å²) in [4.78, 5) is 12.0. The van der Waals surface area contributed by atoms with Gasteiger partial charge in [-0.15, -0.1) is 0 Å². The smallest absolute Gasteiger partial charge is 0.461 e. The van der Waals surface area contributed by atoms with Crippen LogP contribution >= 0.6 is 0 Å². The Kier molecular flexibility index (Phi) is 5.45. The highest BCUT2D eigenvalue weighted by molar-refractivity contribution is 6.49. The first-order valence-corrected chi connectivity index (χ1v) is 8.59. The monoisotopic (exact) mass is 332 g/mol. The highest BCUT2D eigenvalue weighted by Crippen LogP contribution is 2.46. The van der Waals surface area contributed by atoms with Gasteiger partial charge in [0.05, 0.1) is 11.2 Å². The molecule has 0 N–H and O–H groups in total. The molecule has 1 aromatic carbocycles. The Balaban J connectivity index is 1.83. The molecule has 0 unspecified atom stereocenters. The number of hydrogen-bond acceptors (Lipinski definition) is 4. The van der Waals surface area contributed by atoms with E-state index in [1.54, 1.807) is 0 Å². The molecular weight excluding hydrogens is 303 g/mol. The quantitative estimate of drug-likeness (QED) is 0.573. The van der Waals surface area contributed by atoms with Crippen LogP contribution in [0.2, 0.25) is 5.31 Å². The van der Waals surface area contributed by atoms with E-state index in [0.29, 0.717) is 19.4 Å². The Labute approximate surface area is 146 Å². The fourth-order valence-electron chi connectivity index (χ4n) is 2.51. The van der Waals surface area contributed by atoms with Crippen LogP contribution in [-0.4, -0.2) is 24.3 Å².